The van der Waals surface area contributed by atoms with Gasteiger partial charge in [-0.05, 0) is 49.4 Å². The number of aromatic nitrogens is 2. The first-order valence-electron chi connectivity index (χ1n) is 12.1. The van der Waals surface area contributed by atoms with E-state index < -0.39 is 5.54 Å². The minimum Gasteiger partial charge on any atom is -0.368 e. The molecule has 1 aromatic carbocycles. The summed E-state index contributed by atoms with van der Waals surface area (Å²) >= 11 is 0. The van der Waals surface area contributed by atoms with Gasteiger partial charge >= 0.3 is 0 Å². The van der Waals surface area contributed by atoms with Crippen molar-refractivity contribution < 1.29 is 4.79 Å². The molecule has 2 fully saturated rings. The first-order chi connectivity index (χ1) is 16.2. The maximum Gasteiger partial charge on any atom is 0.227 e. The Hall–Kier alpha value is -3.35. The number of para-hydroxylation sites is 1. The molecule has 6 rings (SSSR count). The molecule has 0 radical (unpaired) electrons. The number of hydrogen-bond acceptors (Lipinski definition) is 4. The average Bonchev–Trinajstić information content (AvgIpc) is 3.50. The first kappa shape index (κ1) is 20.3. The molecule has 1 saturated heterocycles. The Morgan fingerprint density at radius 1 is 1.15 bits per heavy atom. The molecule has 2 aromatic heterocycles. The van der Waals surface area contributed by atoms with Gasteiger partial charge in [0.05, 0.1) is 24.7 Å². The molecule has 0 bridgehead atoms. The SMILES string of the molecule is O=C(Cc1c[nH]c2ccccc12)N1CCC[C@@]2(C1)Nc1cccnc1NC2=NC1CCCC1. The number of nitrogens with one attached hydrogen (secondary N) is 3. The van der Waals surface area contributed by atoms with E-state index in [2.05, 4.69) is 32.7 Å². The second-order valence-electron chi connectivity index (χ2n) is 9.60. The predicted molar refractivity (Wildman–Crippen MR) is 132 cm³/mol. The highest BCUT2D eigenvalue weighted by molar-refractivity contribution is 6.09. The van der Waals surface area contributed by atoms with E-state index in [0.717, 1.165) is 66.0 Å². The molecule has 2 aliphatic heterocycles. The van der Waals surface area contributed by atoms with Crippen molar-refractivity contribution in [1.82, 2.24) is 14.9 Å². The van der Waals surface area contributed by atoms with E-state index in [1.54, 1.807) is 6.20 Å². The van der Waals surface area contributed by atoms with Gasteiger partial charge in [-0.2, -0.15) is 0 Å². The van der Waals surface area contributed by atoms with Crippen LogP contribution >= 0.6 is 0 Å². The molecular weight excluding hydrogens is 412 g/mol. The Labute approximate surface area is 193 Å². The number of likely N-dealkylation sites (tertiary alicyclic amines) is 1. The number of pyridine rings is 1. The van der Waals surface area contributed by atoms with Crippen LogP contribution in [0.4, 0.5) is 11.5 Å². The van der Waals surface area contributed by atoms with Gasteiger partial charge in [0.1, 0.15) is 11.4 Å². The van der Waals surface area contributed by atoms with Gasteiger partial charge in [-0.25, -0.2) is 4.98 Å². The third-order valence-corrected chi connectivity index (χ3v) is 7.37. The predicted octanol–water partition coefficient (Wildman–Crippen LogP) is 4.35. The lowest BCUT2D eigenvalue weighted by atomic mass is 9.85. The van der Waals surface area contributed by atoms with Gasteiger partial charge in [-0.3, -0.25) is 9.79 Å². The highest BCUT2D eigenvalue weighted by atomic mass is 16.2. The number of amides is 1. The summed E-state index contributed by atoms with van der Waals surface area (Å²) in [6, 6.07) is 12.5. The van der Waals surface area contributed by atoms with E-state index in [1.165, 1.54) is 12.8 Å². The summed E-state index contributed by atoms with van der Waals surface area (Å²) < 4.78 is 0. The number of fused-ring (bicyclic) bond motifs is 2. The summed E-state index contributed by atoms with van der Waals surface area (Å²) in [5, 5.41) is 8.42. The van der Waals surface area contributed by atoms with E-state index in [-0.39, 0.29) is 5.91 Å². The van der Waals surface area contributed by atoms with Crippen LogP contribution in [0.5, 0.6) is 0 Å². The van der Waals surface area contributed by atoms with E-state index >= 15 is 0 Å². The summed E-state index contributed by atoms with van der Waals surface area (Å²) in [6.07, 6.45) is 10.8. The molecule has 3 N–H and O–H groups in total. The van der Waals surface area contributed by atoms with Crippen molar-refractivity contribution >= 4 is 34.2 Å². The zero-order valence-electron chi connectivity index (χ0n) is 18.8. The molecular formula is C26H30N6O. The van der Waals surface area contributed by atoms with Crippen molar-refractivity contribution in [2.75, 3.05) is 23.7 Å². The van der Waals surface area contributed by atoms with Crippen LogP contribution in [0.2, 0.25) is 0 Å². The second-order valence-corrected chi connectivity index (χ2v) is 9.60. The molecule has 1 aliphatic carbocycles. The number of carbonyl (C=O) groups excluding carboxylic acids is 1. The quantitative estimate of drug-likeness (QED) is 0.563. The number of rotatable bonds is 3. The number of aliphatic imine (C=N–C) groups is 1. The highest BCUT2D eigenvalue weighted by Crippen LogP contribution is 2.36. The third kappa shape index (κ3) is 3.75. The fourth-order valence-corrected chi connectivity index (χ4v) is 5.64. The van der Waals surface area contributed by atoms with Gasteiger partial charge in [0.25, 0.3) is 0 Å². The van der Waals surface area contributed by atoms with Crippen LogP contribution in [0.1, 0.15) is 44.1 Å². The molecule has 4 heterocycles. The van der Waals surface area contributed by atoms with Gasteiger partial charge in [-0.1, -0.05) is 31.0 Å². The molecule has 7 heteroatoms. The molecule has 0 unspecified atom stereocenters. The zero-order valence-corrected chi connectivity index (χ0v) is 18.8. The second kappa shape index (κ2) is 8.21. The summed E-state index contributed by atoms with van der Waals surface area (Å²) in [7, 11) is 0. The number of aromatic amines is 1. The standard InChI is InChI=1S/C26H30N6O/c33-23(15-18-16-28-21-10-4-3-9-20(18)21)32-14-6-12-26(17-32)25(29-19-7-1-2-8-19)30-24-22(31-26)11-5-13-27-24/h3-5,9-11,13,16,19,28,31H,1-2,6-8,12,14-15,17H2,(H,27,29,30)/t26-/m0/s1. The van der Waals surface area contributed by atoms with Gasteiger partial charge < -0.3 is 20.5 Å². The van der Waals surface area contributed by atoms with E-state index in [0.29, 0.717) is 19.0 Å². The lowest BCUT2D eigenvalue weighted by Crippen LogP contribution is -2.63. The first-order valence-corrected chi connectivity index (χ1v) is 12.1. The Kier molecular flexibility index (Phi) is 5.04. The van der Waals surface area contributed by atoms with Crippen molar-refractivity contribution in [3.63, 3.8) is 0 Å². The third-order valence-electron chi connectivity index (χ3n) is 7.37. The summed E-state index contributed by atoms with van der Waals surface area (Å²) in [5.41, 5.74) is 2.71. The number of hydrogen-bond donors (Lipinski definition) is 3. The van der Waals surface area contributed by atoms with Crippen LogP contribution < -0.4 is 10.6 Å². The van der Waals surface area contributed by atoms with Crippen molar-refractivity contribution in [2.45, 2.75) is 56.5 Å². The number of nitrogens with zero attached hydrogens (tertiary/aromatic N) is 3. The van der Waals surface area contributed by atoms with E-state index in [4.69, 9.17) is 4.99 Å². The molecule has 3 aromatic rings. The molecule has 1 atom stereocenters. The number of benzene rings is 1. The Morgan fingerprint density at radius 2 is 2.03 bits per heavy atom. The molecule has 33 heavy (non-hydrogen) atoms. The Balaban J connectivity index is 1.28. The minimum atomic E-state index is -0.396. The van der Waals surface area contributed by atoms with Gasteiger partial charge in [-0.15, -0.1) is 0 Å². The average molecular weight is 443 g/mol. The lowest BCUT2D eigenvalue weighted by Gasteiger charge is -2.47. The monoisotopic (exact) mass is 442 g/mol. The van der Waals surface area contributed by atoms with Gasteiger partial charge in [0.2, 0.25) is 5.91 Å². The summed E-state index contributed by atoms with van der Waals surface area (Å²) in [5.74, 6) is 1.94. The molecule has 3 aliphatic rings. The number of H-pyrrole nitrogens is 1. The lowest BCUT2D eigenvalue weighted by molar-refractivity contribution is -0.131. The van der Waals surface area contributed by atoms with Crippen LogP contribution in [-0.4, -0.2) is 51.3 Å². The van der Waals surface area contributed by atoms with Crippen LogP contribution in [0.3, 0.4) is 0 Å². The Bertz CT molecular complexity index is 1210. The fraction of sp³-hybridized carbons (Fsp3) is 0.423. The smallest absolute Gasteiger partial charge is 0.227 e. The maximum absolute atomic E-state index is 13.4. The van der Waals surface area contributed by atoms with Crippen molar-refractivity contribution in [1.29, 1.82) is 0 Å². The minimum absolute atomic E-state index is 0.165. The van der Waals surface area contributed by atoms with Crippen LogP contribution in [-0.2, 0) is 11.2 Å². The van der Waals surface area contributed by atoms with Crippen molar-refractivity contribution in [3.05, 3.63) is 54.4 Å². The molecule has 1 saturated carbocycles. The Morgan fingerprint density at radius 3 is 2.94 bits per heavy atom. The van der Waals surface area contributed by atoms with Crippen LogP contribution in [0, 0.1) is 0 Å². The molecule has 7 nitrogen and oxygen atoms in total. The van der Waals surface area contributed by atoms with E-state index in [1.807, 2.05) is 35.4 Å². The van der Waals surface area contributed by atoms with E-state index in [9.17, 15) is 4.79 Å². The maximum atomic E-state index is 13.4. The molecule has 1 amide bonds. The topological polar surface area (TPSA) is 85.4 Å². The largest absolute Gasteiger partial charge is 0.368 e. The summed E-state index contributed by atoms with van der Waals surface area (Å²) in [4.78, 5) is 28.5. The number of amidine groups is 1. The molecule has 1 spiro atoms. The fourth-order valence-electron chi connectivity index (χ4n) is 5.64. The van der Waals surface area contributed by atoms with Gasteiger partial charge in [0, 0.05) is 29.8 Å². The summed E-state index contributed by atoms with van der Waals surface area (Å²) in [6.45, 7) is 1.39. The van der Waals surface area contributed by atoms with Crippen LogP contribution in [0.25, 0.3) is 10.9 Å². The highest BCUT2D eigenvalue weighted by Gasteiger charge is 2.45. The molecule has 170 valence electrons. The zero-order chi connectivity index (χ0) is 22.3. The van der Waals surface area contributed by atoms with Gasteiger partial charge in [0.15, 0.2) is 5.82 Å². The van der Waals surface area contributed by atoms with Crippen molar-refractivity contribution in [3.8, 4) is 0 Å². The number of carbonyl (C=O) groups is 1. The normalized spacial score (nSPS) is 24.1. The van der Waals surface area contributed by atoms with Crippen molar-refractivity contribution in [2.24, 2.45) is 4.99 Å². The number of piperidine rings is 1. The number of anilines is 2. The van der Waals surface area contributed by atoms with Crippen LogP contribution in [0.15, 0.2) is 53.8 Å².